The molecular weight excluding hydrogens is 328 g/mol. The van der Waals surface area contributed by atoms with E-state index in [-0.39, 0.29) is 17.9 Å². The van der Waals surface area contributed by atoms with Gasteiger partial charge in [-0.2, -0.15) is 0 Å². The Labute approximate surface area is 132 Å². The highest BCUT2D eigenvalue weighted by Gasteiger charge is 2.28. The van der Waals surface area contributed by atoms with Crippen LogP contribution in [0.25, 0.3) is 0 Å². The van der Waals surface area contributed by atoms with Crippen molar-refractivity contribution >= 4 is 27.5 Å². The molecule has 0 spiro atoms. The molecule has 0 fully saturated rings. The van der Waals surface area contributed by atoms with Crippen molar-refractivity contribution in [2.45, 2.75) is 18.9 Å². The Kier molecular flexibility index (Phi) is 3.97. The summed E-state index contributed by atoms with van der Waals surface area (Å²) < 4.78 is 1.04. The number of anilines is 1. The lowest BCUT2D eigenvalue weighted by Gasteiger charge is -2.17. The van der Waals surface area contributed by atoms with Crippen molar-refractivity contribution in [2.75, 3.05) is 11.9 Å². The molecule has 0 saturated carbocycles. The zero-order valence-corrected chi connectivity index (χ0v) is 13.4. The molecule has 1 amide bonds. The van der Waals surface area contributed by atoms with E-state index < -0.39 is 0 Å². The van der Waals surface area contributed by atoms with Crippen LogP contribution in [0.3, 0.4) is 0 Å². The molecular formula is C17H17BrN2O. The van der Waals surface area contributed by atoms with Crippen LogP contribution in [-0.4, -0.2) is 12.5 Å². The molecule has 0 bridgehead atoms. The molecule has 4 heteroatoms. The van der Waals surface area contributed by atoms with Gasteiger partial charge in [0, 0.05) is 16.7 Å². The van der Waals surface area contributed by atoms with Gasteiger partial charge in [-0.1, -0.05) is 46.3 Å². The van der Waals surface area contributed by atoms with Crippen molar-refractivity contribution in [2.24, 2.45) is 0 Å². The molecule has 108 valence electrons. The third-order valence-corrected chi connectivity index (χ3v) is 4.41. The summed E-state index contributed by atoms with van der Waals surface area (Å²) in [6.45, 7) is 2.67. The van der Waals surface area contributed by atoms with Crippen LogP contribution in [0.4, 0.5) is 5.69 Å². The Bertz CT molecular complexity index is 654. The summed E-state index contributed by atoms with van der Waals surface area (Å²) in [4.78, 5) is 12.5. The standard InChI is InChI=1S/C17H17BrN2O/c1-11(12-6-8-13(18)9-7-12)20-17(21)15-10-19-16-5-3-2-4-14(15)16/h2-9,11,15,19H,10H2,1H3,(H,20,21). The second kappa shape index (κ2) is 5.90. The van der Waals surface area contributed by atoms with E-state index in [1.165, 1.54) is 0 Å². The number of carbonyl (C=O) groups is 1. The highest BCUT2D eigenvalue weighted by molar-refractivity contribution is 9.10. The number of halogens is 1. The number of amides is 1. The van der Waals surface area contributed by atoms with Crippen molar-refractivity contribution in [1.29, 1.82) is 0 Å². The minimum Gasteiger partial charge on any atom is -0.384 e. The van der Waals surface area contributed by atoms with E-state index >= 15 is 0 Å². The molecule has 2 unspecified atom stereocenters. The van der Waals surface area contributed by atoms with Gasteiger partial charge in [0.2, 0.25) is 5.91 Å². The van der Waals surface area contributed by atoms with Gasteiger partial charge in [0.05, 0.1) is 12.0 Å². The van der Waals surface area contributed by atoms with Gasteiger partial charge in [-0.3, -0.25) is 4.79 Å². The number of carbonyl (C=O) groups excluding carboxylic acids is 1. The molecule has 2 N–H and O–H groups in total. The highest BCUT2D eigenvalue weighted by Crippen LogP contribution is 2.31. The maximum absolute atomic E-state index is 12.5. The maximum Gasteiger partial charge on any atom is 0.229 e. The van der Waals surface area contributed by atoms with Crippen molar-refractivity contribution < 1.29 is 4.79 Å². The first-order chi connectivity index (χ1) is 10.1. The molecule has 1 heterocycles. The monoisotopic (exact) mass is 344 g/mol. The number of hydrogen-bond donors (Lipinski definition) is 2. The number of para-hydroxylation sites is 1. The Morgan fingerprint density at radius 2 is 1.95 bits per heavy atom. The normalized spacial score (nSPS) is 17.7. The largest absolute Gasteiger partial charge is 0.384 e. The summed E-state index contributed by atoms with van der Waals surface area (Å²) in [5.41, 5.74) is 3.25. The molecule has 0 saturated heterocycles. The van der Waals surface area contributed by atoms with Crippen LogP contribution in [0.1, 0.15) is 30.0 Å². The molecule has 1 aliphatic rings. The predicted octanol–water partition coefficient (Wildman–Crippen LogP) is 3.84. The Balaban J connectivity index is 1.71. The van der Waals surface area contributed by atoms with Crippen LogP contribution in [0.15, 0.2) is 53.0 Å². The number of rotatable bonds is 3. The van der Waals surface area contributed by atoms with Crippen LogP contribution in [-0.2, 0) is 4.79 Å². The average Bonchev–Trinajstić information content (AvgIpc) is 2.92. The zero-order chi connectivity index (χ0) is 14.8. The first-order valence-electron chi connectivity index (χ1n) is 7.04. The van der Waals surface area contributed by atoms with Gasteiger partial charge >= 0.3 is 0 Å². The van der Waals surface area contributed by atoms with Crippen molar-refractivity contribution in [3.8, 4) is 0 Å². The van der Waals surface area contributed by atoms with Crippen LogP contribution in [0.5, 0.6) is 0 Å². The average molecular weight is 345 g/mol. The van der Waals surface area contributed by atoms with E-state index in [4.69, 9.17) is 0 Å². The fourth-order valence-corrected chi connectivity index (χ4v) is 2.93. The first-order valence-corrected chi connectivity index (χ1v) is 7.83. The van der Waals surface area contributed by atoms with Crippen molar-refractivity contribution in [1.82, 2.24) is 5.32 Å². The topological polar surface area (TPSA) is 41.1 Å². The number of hydrogen-bond acceptors (Lipinski definition) is 2. The Morgan fingerprint density at radius 1 is 1.24 bits per heavy atom. The van der Waals surface area contributed by atoms with Crippen molar-refractivity contribution in [3.05, 3.63) is 64.1 Å². The van der Waals surface area contributed by atoms with E-state index in [1.807, 2.05) is 55.5 Å². The number of nitrogens with one attached hydrogen (secondary N) is 2. The van der Waals surface area contributed by atoms with Gasteiger partial charge in [0.1, 0.15) is 0 Å². The van der Waals surface area contributed by atoms with E-state index in [0.717, 1.165) is 21.3 Å². The van der Waals surface area contributed by atoms with E-state index in [9.17, 15) is 4.79 Å². The van der Waals surface area contributed by atoms with Crippen LogP contribution in [0, 0.1) is 0 Å². The van der Waals surface area contributed by atoms with Gasteiger partial charge in [-0.25, -0.2) is 0 Å². The third-order valence-electron chi connectivity index (χ3n) is 3.88. The number of fused-ring (bicyclic) bond motifs is 1. The smallest absolute Gasteiger partial charge is 0.229 e. The summed E-state index contributed by atoms with van der Waals surface area (Å²) >= 11 is 3.42. The highest BCUT2D eigenvalue weighted by atomic mass is 79.9. The molecule has 2 aromatic carbocycles. The number of benzene rings is 2. The zero-order valence-electron chi connectivity index (χ0n) is 11.8. The van der Waals surface area contributed by atoms with Crippen LogP contribution < -0.4 is 10.6 Å². The summed E-state index contributed by atoms with van der Waals surface area (Å²) in [6.07, 6.45) is 0. The van der Waals surface area contributed by atoms with Crippen LogP contribution in [0.2, 0.25) is 0 Å². The summed E-state index contributed by atoms with van der Waals surface area (Å²) in [5.74, 6) is -0.0398. The second-order valence-corrected chi connectivity index (χ2v) is 6.22. The predicted molar refractivity (Wildman–Crippen MR) is 88.4 cm³/mol. The van der Waals surface area contributed by atoms with E-state index in [2.05, 4.69) is 26.6 Å². The van der Waals surface area contributed by atoms with Gasteiger partial charge < -0.3 is 10.6 Å². The van der Waals surface area contributed by atoms with E-state index in [0.29, 0.717) is 6.54 Å². The van der Waals surface area contributed by atoms with Gasteiger partial charge in [0.25, 0.3) is 0 Å². The maximum atomic E-state index is 12.5. The van der Waals surface area contributed by atoms with Gasteiger partial charge in [-0.15, -0.1) is 0 Å². The van der Waals surface area contributed by atoms with Gasteiger partial charge in [-0.05, 0) is 36.2 Å². The molecule has 0 radical (unpaired) electrons. The van der Waals surface area contributed by atoms with Crippen LogP contribution >= 0.6 is 15.9 Å². The SMILES string of the molecule is CC(NC(=O)C1CNc2ccccc21)c1ccc(Br)cc1. The summed E-state index contributed by atoms with van der Waals surface area (Å²) in [5, 5.41) is 6.39. The fourth-order valence-electron chi connectivity index (χ4n) is 2.67. The lowest BCUT2D eigenvalue weighted by atomic mass is 9.99. The quantitative estimate of drug-likeness (QED) is 0.888. The lowest BCUT2D eigenvalue weighted by Crippen LogP contribution is -2.32. The molecule has 2 aromatic rings. The molecule has 0 aliphatic carbocycles. The van der Waals surface area contributed by atoms with E-state index in [1.54, 1.807) is 0 Å². The molecule has 3 nitrogen and oxygen atoms in total. The molecule has 3 rings (SSSR count). The summed E-state index contributed by atoms with van der Waals surface area (Å²) in [7, 11) is 0. The minimum atomic E-state index is -0.112. The van der Waals surface area contributed by atoms with Crippen molar-refractivity contribution in [3.63, 3.8) is 0 Å². The molecule has 2 atom stereocenters. The first kappa shape index (κ1) is 14.1. The Hall–Kier alpha value is -1.81. The summed E-state index contributed by atoms with van der Waals surface area (Å²) in [6, 6.07) is 16.0. The van der Waals surface area contributed by atoms with Gasteiger partial charge in [0.15, 0.2) is 0 Å². The lowest BCUT2D eigenvalue weighted by molar-refractivity contribution is -0.122. The second-order valence-electron chi connectivity index (χ2n) is 5.30. The fraction of sp³-hybridized carbons (Fsp3) is 0.235. The molecule has 0 aromatic heterocycles. The molecule has 21 heavy (non-hydrogen) atoms. The Morgan fingerprint density at radius 3 is 2.71 bits per heavy atom. The minimum absolute atomic E-state index is 0.00152. The third kappa shape index (κ3) is 2.95. The molecule has 1 aliphatic heterocycles.